The summed E-state index contributed by atoms with van der Waals surface area (Å²) in [6.07, 6.45) is 2.47. The highest BCUT2D eigenvalue weighted by Crippen LogP contribution is 2.21. The lowest BCUT2D eigenvalue weighted by Gasteiger charge is -2.03. The standard InChI is InChI=1S/C11H14ClNO/c1-2-3-4-11(14)9-6-5-8(13)7-10(9)12/h5-7H,2-4,13H2,1H3. The van der Waals surface area contributed by atoms with Crippen LogP contribution in [0, 0.1) is 0 Å². The fraction of sp³-hybridized carbons (Fsp3) is 0.364. The summed E-state index contributed by atoms with van der Waals surface area (Å²) in [6, 6.07) is 5.00. The first kappa shape index (κ1) is 11.1. The first-order valence-corrected chi connectivity index (χ1v) is 5.11. The molecule has 0 saturated heterocycles. The van der Waals surface area contributed by atoms with Gasteiger partial charge in [-0.1, -0.05) is 24.9 Å². The number of Topliss-reactive ketones (excluding diaryl/α,β-unsaturated/α-hetero) is 1. The summed E-state index contributed by atoms with van der Waals surface area (Å²) in [5, 5.41) is 0.450. The van der Waals surface area contributed by atoms with Crippen LogP contribution in [0.5, 0.6) is 0 Å². The molecule has 0 saturated carbocycles. The second-order valence-electron chi connectivity index (χ2n) is 3.27. The van der Waals surface area contributed by atoms with Gasteiger partial charge in [0.05, 0.1) is 5.02 Å². The molecule has 0 fully saturated rings. The van der Waals surface area contributed by atoms with Crippen LogP contribution in [0.4, 0.5) is 5.69 Å². The number of unbranched alkanes of at least 4 members (excludes halogenated alkanes) is 1. The molecule has 0 spiro atoms. The van der Waals surface area contributed by atoms with Crippen molar-refractivity contribution in [2.45, 2.75) is 26.2 Å². The van der Waals surface area contributed by atoms with Crippen molar-refractivity contribution in [3.05, 3.63) is 28.8 Å². The van der Waals surface area contributed by atoms with E-state index in [1.54, 1.807) is 18.2 Å². The Morgan fingerprint density at radius 1 is 1.50 bits per heavy atom. The predicted molar refractivity (Wildman–Crippen MR) is 59.7 cm³/mol. The van der Waals surface area contributed by atoms with Crippen molar-refractivity contribution in [1.29, 1.82) is 0 Å². The van der Waals surface area contributed by atoms with Crippen LogP contribution in [-0.4, -0.2) is 5.78 Å². The van der Waals surface area contributed by atoms with E-state index in [-0.39, 0.29) is 5.78 Å². The van der Waals surface area contributed by atoms with Gasteiger partial charge in [0.15, 0.2) is 5.78 Å². The Balaban J connectivity index is 2.80. The third-order valence-corrected chi connectivity index (χ3v) is 2.36. The van der Waals surface area contributed by atoms with Crippen LogP contribution in [0.3, 0.4) is 0 Å². The maximum absolute atomic E-state index is 11.6. The zero-order valence-electron chi connectivity index (χ0n) is 8.22. The van der Waals surface area contributed by atoms with Crippen LogP contribution >= 0.6 is 11.6 Å². The van der Waals surface area contributed by atoms with E-state index < -0.39 is 0 Å². The molecule has 0 aliphatic rings. The van der Waals surface area contributed by atoms with Crippen LogP contribution < -0.4 is 5.73 Å². The highest BCUT2D eigenvalue weighted by atomic mass is 35.5. The lowest BCUT2D eigenvalue weighted by atomic mass is 10.1. The average molecular weight is 212 g/mol. The van der Waals surface area contributed by atoms with Gasteiger partial charge in [0, 0.05) is 17.7 Å². The van der Waals surface area contributed by atoms with Gasteiger partial charge in [0.1, 0.15) is 0 Å². The van der Waals surface area contributed by atoms with Crippen molar-refractivity contribution < 1.29 is 4.79 Å². The highest BCUT2D eigenvalue weighted by Gasteiger charge is 2.09. The average Bonchev–Trinajstić information content (AvgIpc) is 2.14. The van der Waals surface area contributed by atoms with Crippen molar-refractivity contribution >= 4 is 23.1 Å². The number of benzene rings is 1. The molecule has 0 heterocycles. The molecule has 0 aliphatic carbocycles. The summed E-state index contributed by atoms with van der Waals surface area (Å²) in [6.45, 7) is 2.05. The van der Waals surface area contributed by atoms with Gasteiger partial charge in [0.2, 0.25) is 0 Å². The van der Waals surface area contributed by atoms with Gasteiger partial charge in [-0.25, -0.2) is 0 Å². The summed E-state index contributed by atoms with van der Waals surface area (Å²) >= 11 is 5.90. The molecule has 2 N–H and O–H groups in total. The Labute approximate surface area is 89.1 Å². The van der Waals surface area contributed by atoms with Gasteiger partial charge < -0.3 is 5.73 Å². The minimum absolute atomic E-state index is 0.0943. The summed E-state index contributed by atoms with van der Waals surface area (Å²) in [5.41, 5.74) is 6.70. The molecule has 0 bridgehead atoms. The number of halogens is 1. The van der Waals surface area contributed by atoms with Crippen LogP contribution in [-0.2, 0) is 0 Å². The number of anilines is 1. The van der Waals surface area contributed by atoms with Gasteiger partial charge in [-0.05, 0) is 24.6 Å². The maximum atomic E-state index is 11.6. The minimum atomic E-state index is 0.0943. The minimum Gasteiger partial charge on any atom is -0.399 e. The Morgan fingerprint density at radius 2 is 2.21 bits per heavy atom. The van der Waals surface area contributed by atoms with Gasteiger partial charge in [-0.2, -0.15) is 0 Å². The Kier molecular flexibility index (Phi) is 3.96. The van der Waals surface area contributed by atoms with E-state index >= 15 is 0 Å². The summed E-state index contributed by atoms with van der Waals surface area (Å²) < 4.78 is 0. The third kappa shape index (κ3) is 2.74. The predicted octanol–water partition coefficient (Wildman–Crippen LogP) is 3.30. The zero-order valence-corrected chi connectivity index (χ0v) is 8.97. The molecule has 0 aliphatic heterocycles. The lowest BCUT2D eigenvalue weighted by molar-refractivity contribution is 0.0980. The molecule has 3 heteroatoms. The quantitative estimate of drug-likeness (QED) is 0.614. The fourth-order valence-electron chi connectivity index (χ4n) is 1.23. The van der Waals surface area contributed by atoms with Gasteiger partial charge in [-0.15, -0.1) is 0 Å². The molecule has 0 radical (unpaired) electrons. The number of carbonyl (C=O) groups is 1. The number of nitrogen functional groups attached to an aromatic ring is 1. The van der Waals surface area contributed by atoms with Gasteiger partial charge in [-0.3, -0.25) is 4.79 Å². The monoisotopic (exact) mass is 211 g/mol. The molecule has 76 valence electrons. The lowest BCUT2D eigenvalue weighted by Crippen LogP contribution is -2.00. The molecule has 0 amide bonds. The highest BCUT2D eigenvalue weighted by molar-refractivity contribution is 6.34. The Bertz CT molecular complexity index is 336. The first-order valence-electron chi connectivity index (χ1n) is 4.73. The molecule has 0 aromatic heterocycles. The van der Waals surface area contributed by atoms with E-state index in [1.165, 1.54) is 0 Å². The number of ketones is 1. The summed E-state index contributed by atoms with van der Waals surface area (Å²) in [4.78, 5) is 11.6. The number of hydrogen-bond acceptors (Lipinski definition) is 2. The van der Waals surface area contributed by atoms with Crippen LogP contribution in [0.2, 0.25) is 5.02 Å². The molecular formula is C11H14ClNO. The van der Waals surface area contributed by atoms with E-state index in [1.807, 2.05) is 0 Å². The van der Waals surface area contributed by atoms with Crippen LogP contribution in [0.25, 0.3) is 0 Å². The first-order chi connectivity index (χ1) is 6.65. The van der Waals surface area contributed by atoms with E-state index in [0.717, 1.165) is 12.8 Å². The molecular weight excluding hydrogens is 198 g/mol. The Hall–Kier alpha value is -1.02. The van der Waals surface area contributed by atoms with Crippen LogP contribution in [0.15, 0.2) is 18.2 Å². The molecule has 0 unspecified atom stereocenters. The molecule has 14 heavy (non-hydrogen) atoms. The smallest absolute Gasteiger partial charge is 0.164 e. The number of hydrogen-bond donors (Lipinski definition) is 1. The van der Waals surface area contributed by atoms with E-state index in [9.17, 15) is 4.79 Å². The normalized spacial score (nSPS) is 10.1. The second kappa shape index (κ2) is 5.01. The van der Waals surface area contributed by atoms with Crippen molar-refractivity contribution in [3.63, 3.8) is 0 Å². The van der Waals surface area contributed by atoms with E-state index in [4.69, 9.17) is 17.3 Å². The van der Waals surface area contributed by atoms with Gasteiger partial charge >= 0.3 is 0 Å². The largest absolute Gasteiger partial charge is 0.399 e. The van der Waals surface area contributed by atoms with Crippen molar-refractivity contribution in [3.8, 4) is 0 Å². The van der Waals surface area contributed by atoms with Crippen molar-refractivity contribution in [2.75, 3.05) is 5.73 Å². The Morgan fingerprint density at radius 3 is 2.79 bits per heavy atom. The molecule has 1 aromatic carbocycles. The third-order valence-electron chi connectivity index (χ3n) is 2.05. The van der Waals surface area contributed by atoms with Crippen LogP contribution in [0.1, 0.15) is 36.5 Å². The molecule has 1 aromatic rings. The molecule has 0 atom stereocenters. The topological polar surface area (TPSA) is 43.1 Å². The number of carbonyl (C=O) groups excluding carboxylic acids is 1. The maximum Gasteiger partial charge on any atom is 0.164 e. The fourth-order valence-corrected chi connectivity index (χ4v) is 1.52. The molecule has 1 rings (SSSR count). The SMILES string of the molecule is CCCCC(=O)c1ccc(N)cc1Cl. The van der Waals surface area contributed by atoms with Crippen molar-refractivity contribution in [2.24, 2.45) is 0 Å². The molecule has 2 nitrogen and oxygen atoms in total. The van der Waals surface area contributed by atoms with Gasteiger partial charge in [0.25, 0.3) is 0 Å². The van der Waals surface area contributed by atoms with Crippen molar-refractivity contribution in [1.82, 2.24) is 0 Å². The number of nitrogens with two attached hydrogens (primary N) is 1. The zero-order chi connectivity index (χ0) is 10.6. The van der Waals surface area contributed by atoms with E-state index in [0.29, 0.717) is 22.7 Å². The van der Waals surface area contributed by atoms with E-state index in [2.05, 4.69) is 6.92 Å². The summed E-state index contributed by atoms with van der Waals surface area (Å²) in [7, 11) is 0. The second-order valence-corrected chi connectivity index (χ2v) is 3.67. The number of rotatable bonds is 4. The summed E-state index contributed by atoms with van der Waals surface area (Å²) in [5.74, 6) is 0.0943.